The predicted molar refractivity (Wildman–Crippen MR) is 75.8 cm³/mol. The molecule has 6 heteroatoms. The van der Waals surface area contributed by atoms with Crippen molar-refractivity contribution in [2.24, 2.45) is 0 Å². The second-order valence-electron chi connectivity index (χ2n) is 3.54. The number of amides is 1. The van der Waals surface area contributed by atoms with Crippen LogP contribution in [0, 0.1) is 0 Å². The van der Waals surface area contributed by atoms with Crippen LogP contribution in [-0.2, 0) is 0 Å². The van der Waals surface area contributed by atoms with Crippen LogP contribution in [0.5, 0.6) is 5.75 Å². The minimum absolute atomic E-state index is 0.0707. The largest absolute Gasteiger partial charge is 0.506 e. The van der Waals surface area contributed by atoms with Gasteiger partial charge in [0, 0.05) is 11.9 Å². The summed E-state index contributed by atoms with van der Waals surface area (Å²) in [5.41, 5.74) is 0.510. The molecule has 0 atom stereocenters. The molecule has 0 spiro atoms. The van der Waals surface area contributed by atoms with E-state index in [9.17, 15) is 9.90 Å². The lowest BCUT2D eigenvalue weighted by atomic mass is 10.2. The summed E-state index contributed by atoms with van der Waals surface area (Å²) < 4.78 is 6.41. The Morgan fingerprint density at radius 2 is 2.22 bits per heavy atom. The van der Waals surface area contributed by atoms with Crippen molar-refractivity contribution in [1.82, 2.24) is 5.32 Å². The van der Waals surface area contributed by atoms with Crippen molar-refractivity contribution in [3.63, 3.8) is 0 Å². The highest BCUT2D eigenvalue weighted by Gasteiger charge is 2.16. The van der Waals surface area contributed by atoms with E-state index < -0.39 is 0 Å². The normalized spacial score (nSPS) is 10.6. The molecule has 2 aromatic rings. The number of furan rings is 1. The summed E-state index contributed by atoms with van der Waals surface area (Å²) in [6, 6.07) is 3.18. The molecule has 0 unspecified atom stereocenters. The van der Waals surface area contributed by atoms with Crippen LogP contribution in [0.4, 0.5) is 0 Å². The number of fused-ring (bicyclic) bond motifs is 1. The molecule has 1 aromatic heterocycles. The molecule has 1 heterocycles. The molecule has 4 nitrogen and oxygen atoms in total. The van der Waals surface area contributed by atoms with Gasteiger partial charge < -0.3 is 14.8 Å². The maximum Gasteiger partial charge on any atom is 0.287 e. The Morgan fingerprint density at radius 3 is 2.89 bits per heavy atom. The summed E-state index contributed by atoms with van der Waals surface area (Å²) in [5, 5.41) is 13.0. The summed E-state index contributed by atoms with van der Waals surface area (Å²) in [6.45, 7) is 3.88. The average molecular weight is 375 g/mol. The van der Waals surface area contributed by atoms with Gasteiger partial charge in [-0.05, 0) is 44.0 Å². The number of carbonyl (C=O) groups is 1. The molecule has 0 saturated heterocycles. The van der Waals surface area contributed by atoms with Gasteiger partial charge >= 0.3 is 0 Å². The molecule has 0 aliphatic heterocycles. The van der Waals surface area contributed by atoms with Gasteiger partial charge in [-0.15, -0.1) is 6.58 Å². The smallest absolute Gasteiger partial charge is 0.287 e. The van der Waals surface area contributed by atoms with Gasteiger partial charge in [-0.3, -0.25) is 4.79 Å². The topological polar surface area (TPSA) is 62.5 Å². The highest BCUT2D eigenvalue weighted by molar-refractivity contribution is 9.11. The molecule has 0 aliphatic rings. The number of phenols is 1. The van der Waals surface area contributed by atoms with E-state index >= 15 is 0 Å². The summed E-state index contributed by atoms with van der Waals surface area (Å²) in [7, 11) is 0. The first-order valence-electron chi connectivity index (χ1n) is 5.04. The monoisotopic (exact) mass is 373 g/mol. The van der Waals surface area contributed by atoms with E-state index in [1.54, 1.807) is 18.2 Å². The first kappa shape index (κ1) is 13.2. The van der Waals surface area contributed by atoms with Gasteiger partial charge in [-0.25, -0.2) is 0 Å². The molecule has 0 radical (unpaired) electrons. The van der Waals surface area contributed by atoms with Gasteiger partial charge in [0.2, 0.25) is 0 Å². The zero-order chi connectivity index (χ0) is 13.3. The fraction of sp³-hybridized carbons (Fsp3) is 0.0833. The van der Waals surface area contributed by atoms with Crippen LogP contribution >= 0.6 is 31.9 Å². The Balaban J connectivity index is 2.47. The average Bonchev–Trinajstić information content (AvgIpc) is 2.77. The lowest BCUT2D eigenvalue weighted by Crippen LogP contribution is -2.22. The molecule has 18 heavy (non-hydrogen) atoms. The third-order valence-electron chi connectivity index (χ3n) is 2.32. The van der Waals surface area contributed by atoms with Crippen molar-refractivity contribution < 1.29 is 14.3 Å². The molecule has 0 fully saturated rings. The number of hydrogen-bond acceptors (Lipinski definition) is 3. The molecule has 1 amide bonds. The van der Waals surface area contributed by atoms with E-state index in [1.807, 2.05) is 0 Å². The first-order chi connectivity index (χ1) is 8.54. The van der Waals surface area contributed by atoms with E-state index in [-0.39, 0.29) is 17.4 Å². The Hall–Kier alpha value is -1.27. The van der Waals surface area contributed by atoms with Crippen LogP contribution in [0.25, 0.3) is 11.0 Å². The van der Waals surface area contributed by atoms with E-state index in [2.05, 4.69) is 43.8 Å². The number of benzene rings is 1. The van der Waals surface area contributed by atoms with E-state index in [0.29, 0.717) is 26.5 Å². The lowest BCUT2D eigenvalue weighted by molar-refractivity contribution is 0.0932. The number of aromatic hydroxyl groups is 1. The summed E-state index contributed by atoms with van der Waals surface area (Å²) in [5.74, 6) is -0.0694. The number of hydrogen-bond donors (Lipinski definition) is 2. The van der Waals surface area contributed by atoms with Crippen molar-refractivity contribution in [2.75, 3.05) is 6.54 Å². The quantitative estimate of drug-likeness (QED) is 0.807. The van der Waals surface area contributed by atoms with Gasteiger partial charge in [0.15, 0.2) is 5.76 Å². The van der Waals surface area contributed by atoms with E-state index in [4.69, 9.17) is 4.42 Å². The molecule has 1 aromatic carbocycles. The van der Waals surface area contributed by atoms with Crippen LogP contribution < -0.4 is 5.32 Å². The predicted octanol–water partition coefficient (Wildman–Crippen LogP) is 3.58. The number of phenolic OH excluding ortho intramolecular Hbond substituents is 1. The Morgan fingerprint density at radius 1 is 1.50 bits per heavy atom. The van der Waals surface area contributed by atoms with Crippen molar-refractivity contribution in [2.45, 2.75) is 0 Å². The Bertz CT molecular complexity index is 634. The second-order valence-corrected chi connectivity index (χ2v) is 5.19. The van der Waals surface area contributed by atoms with Gasteiger partial charge in [0.1, 0.15) is 11.3 Å². The number of halogens is 2. The zero-order valence-corrected chi connectivity index (χ0v) is 12.3. The number of nitrogens with one attached hydrogen (secondary N) is 1. The summed E-state index contributed by atoms with van der Waals surface area (Å²) in [4.78, 5) is 11.7. The highest BCUT2D eigenvalue weighted by Crippen LogP contribution is 2.39. The molecular weight excluding hydrogens is 366 g/mol. The number of rotatable bonds is 3. The van der Waals surface area contributed by atoms with Gasteiger partial charge in [0.05, 0.1) is 8.95 Å². The van der Waals surface area contributed by atoms with Crippen LogP contribution in [0.3, 0.4) is 0 Å². The molecule has 0 aliphatic carbocycles. The van der Waals surface area contributed by atoms with Crippen molar-refractivity contribution in [3.8, 4) is 5.75 Å². The molecule has 2 rings (SSSR count). The maximum absolute atomic E-state index is 11.7. The third kappa shape index (κ3) is 2.30. The standard InChI is InChI=1S/C12H9Br2NO3/c1-2-3-15-12(17)9-4-6-8(18-9)5-7(13)11(16)10(6)14/h2,4-5,16H,1,3H2,(H,15,17). The Labute approximate surface area is 120 Å². The van der Waals surface area contributed by atoms with E-state index in [1.165, 1.54) is 0 Å². The SMILES string of the molecule is C=CCNC(=O)c1cc2c(Br)c(O)c(Br)cc2o1. The minimum atomic E-state index is -0.325. The van der Waals surface area contributed by atoms with Gasteiger partial charge in [-0.2, -0.15) is 0 Å². The maximum atomic E-state index is 11.7. The highest BCUT2D eigenvalue weighted by atomic mass is 79.9. The zero-order valence-electron chi connectivity index (χ0n) is 9.17. The fourth-order valence-corrected chi connectivity index (χ4v) is 2.66. The number of carbonyl (C=O) groups excluding carboxylic acids is 1. The van der Waals surface area contributed by atoms with Crippen molar-refractivity contribution >= 4 is 48.7 Å². The molecule has 94 valence electrons. The third-order valence-corrected chi connectivity index (χ3v) is 3.73. The Kier molecular flexibility index (Phi) is 3.77. The second kappa shape index (κ2) is 5.16. The van der Waals surface area contributed by atoms with Crippen molar-refractivity contribution in [1.29, 1.82) is 0 Å². The molecule has 0 saturated carbocycles. The first-order valence-corrected chi connectivity index (χ1v) is 6.62. The van der Waals surface area contributed by atoms with Crippen LogP contribution in [-0.4, -0.2) is 17.6 Å². The van der Waals surface area contributed by atoms with Crippen LogP contribution in [0.2, 0.25) is 0 Å². The van der Waals surface area contributed by atoms with Gasteiger partial charge in [0.25, 0.3) is 5.91 Å². The lowest BCUT2D eigenvalue weighted by Gasteiger charge is -1.99. The summed E-state index contributed by atoms with van der Waals surface area (Å²) >= 11 is 6.46. The van der Waals surface area contributed by atoms with Crippen molar-refractivity contribution in [3.05, 3.63) is 39.5 Å². The minimum Gasteiger partial charge on any atom is -0.506 e. The van der Waals surface area contributed by atoms with Crippen LogP contribution in [0.15, 0.2) is 38.2 Å². The van der Waals surface area contributed by atoms with E-state index in [0.717, 1.165) is 0 Å². The van der Waals surface area contributed by atoms with Crippen LogP contribution in [0.1, 0.15) is 10.6 Å². The van der Waals surface area contributed by atoms with Gasteiger partial charge in [-0.1, -0.05) is 6.08 Å². The fourth-order valence-electron chi connectivity index (χ4n) is 1.46. The molecule has 2 N–H and O–H groups in total. The molecule has 0 bridgehead atoms. The molecular formula is C12H9Br2NO3. The summed E-state index contributed by atoms with van der Waals surface area (Å²) in [6.07, 6.45) is 1.58.